The van der Waals surface area contributed by atoms with E-state index in [1.54, 1.807) is 13.8 Å². The molecule has 1 aliphatic heterocycles. The largest absolute Gasteiger partial charge is 0.468 e. The normalized spacial score (nSPS) is 22.0. The fraction of sp³-hybridized carbons (Fsp3) is 0.345. The van der Waals surface area contributed by atoms with Gasteiger partial charge in [-0.15, -0.1) is 0 Å². The molecule has 2 aliphatic rings. The molecular weight excluding hydrogens is 442 g/mol. The molecular formula is C29H31NO5. The number of carbonyl (C=O) groups excluding carboxylic acids is 3. The standard InChI is InChI=1S/C29H31NO5/c1-16(2)35-29(33)24-18(4)30-22-15-17(3)23(28(32)34-5)27(31)26(22)25(24)21-13-11-20(12-14-21)19-9-7-6-8-10-19/h6-14,16-17,23,25,30H,15H2,1-5H3. The smallest absolute Gasteiger partial charge is 0.337 e. The van der Waals surface area contributed by atoms with Crippen molar-refractivity contribution in [2.24, 2.45) is 11.8 Å². The van der Waals surface area contributed by atoms with Gasteiger partial charge in [0.25, 0.3) is 0 Å². The van der Waals surface area contributed by atoms with Gasteiger partial charge in [0.1, 0.15) is 5.92 Å². The summed E-state index contributed by atoms with van der Waals surface area (Å²) < 4.78 is 10.5. The Morgan fingerprint density at radius 1 is 1.00 bits per heavy atom. The van der Waals surface area contributed by atoms with Crippen LogP contribution in [0.2, 0.25) is 0 Å². The van der Waals surface area contributed by atoms with E-state index in [1.165, 1.54) is 7.11 Å². The Labute approximate surface area is 206 Å². The van der Waals surface area contributed by atoms with Crippen molar-refractivity contribution in [3.05, 3.63) is 82.7 Å². The number of Topliss-reactive ketones (excluding diaryl/α,β-unsaturated/α-hetero) is 1. The van der Waals surface area contributed by atoms with Gasteiger partial charge in [0, 0.05) is 22.9 Å². The maximum atomic E-state index is 13.8. The summed E-state index contributed by atoms with van der Waals surface area (Å²) in [7, 11) is 1.29. The lowest BCUT2D eigenvalue weighted by Crippen LogP contribution is -2.43. The first kappa shape index (κ1) is 24.5. The Kier molecular flexibility index (Phi) is 6.92. The summed E-state index contributed by atoms with van der Waals surface area (Å²) in [5.41, 5.74) is 5.12. The minimum Gasteiger partial charge on any atom is -0.468 e. The van der Waals surface area contributed by atoms with Gasteiger partial charge < -0.3 is 14.8 Å². The quantitative estimate of drug-likeness (QED) is 0.490. The predicted molar refractivity (Wildman–Crippen MR) is 133 cm³/mol. The number of nitrogens with one attached hydrogen (secondary N) is 1. The van der Waals surface area contributed by atoms with Crippen LogP contribution in [-0.4, -0.2) is 30.9 Å². The van der Waals surface area contributed by atoms with Crippen LogP contribution in [0, 0.1) is 11.8 Å². The molecule has 1 N–H and O–H groups in total. The lowest BCUT2D eigenvalue weighted by molar-refractivity contribution is -0.151. The van der Waals surface area contributed by atoms with Crippen molar-refractivity contribution in [2.75, 3.05) is 7.11 Å². The summed E-state index contributed by atoms with van der Waals surface area (Å²) in [6, 6.07) is 17.8. The maximum Gasteiger partial charge on any atom is 0.337 e. The second-order valence-corrected chi connectivity index (χ2v) is 9.48. The van der Waals surface area contributed by atoms with Gasteiger partial charge in [-0.25, -0.2) is 4.79 Å². The number of allylic oxidation sites excluding steroid dienone is 3. The number of ether oxygens (including phenoxy) is 2. The molecule has 1 aliphatic carbocycles. The fourth-order valence-electron chi connectivity index (χ4n) is 5.06. The molecule has 1 heterocycles. The van der Waals surface area contributed by atoms with Gasteiger partial charge in [-0.1, -0.05) is 61.5 Å². The van der Waals surface area contributed by atoms with Crippen molar-refractivity contribution >= 4 is 17.7 Å². The zero-order chi connectivity index (χ0) is 25.3. The summed E-state index contributed by atoms with van der Waals surface area (Å²) in [6.45, 7) is 7.28. The Hall–Kier alpha value is -3.67. The highest BCUT2D eigenvalue weighted by Crippen LogP contribution is 2.45. The molecule has 182 valence electrons. The van der Waals surface area contributed by atoms with E-state index < -0.39 is 23.8 Å². The lowest BCUT2D eigenvalue weighted by atomic mass is 9.69. The van der Waals surface area contributed by atoms with E-state index in [2.05, 4.69) is 5.32 Å². The van der Waals surface area contributed by atoms with Crippen LogP contribution in [0.25, 0.3) is 11.1 Å². The molecule has 35 heavy (non-hydrogen) atoms. The number of methoxy groups -OCH3 is 1. The van der Waals surface area contributed by atoms with E-state index in [0.29, 0.717) is 23.3 Å². The van der Waals surface area contributed by atoms with Gasteiger partial charge >= 0.3 is 11.9 Å². The zero-order valence-electron chi connectivity index (χ0n) is 20.8. The number of benzene rings is 2. The van der Waals surface area contributed by atoms with Crippen LogP contribution in [0.15, 0.2) is 77.1 Å². The van der Waals surface area contributed by atoms with Crippen LogP contribution in [0.1, 0.15) is 45.6 Å². The van der Waals surface area contributed by atoms with Crippen LogP contribution in [0.5, 0.6) is 0 Å². The topological polar surface area (TPSA) is 81.7 Å². The minimum absolute atomic E-state index is 0.223. The van der Waals surface area contributed by atoms with Gasteiger partial charge in [-0.05, 0) is 49.8 Å². The average molecular weight is 474 g/mol. The van der Waals surface area contributed by atoms with Crippen molar-refractivity contribution in [2.45, 2.75) is 46.1 Å². The number of hydrogen-bond donors (Lipinski definition) is 1. The molecule has 0 saturated carbocycles. The summed E-state index contributed by atoms with van der Waals surface area (Å²) in [4.78, 5) is 39.6. The fourth-order valence-corrected chi connectivity index (χ4v) is 5.06. The molecule has 6 nitrogen and oxygen atoms in total. The Bertz CT molecular complexity index is 1210. The molecule has 0 aromatic heterocycles. The third-order valence-corrected chi connectivity index (χ3v) is 6.66. The van der Waals surface area contributed by atoms with Gasteiger partial charge in [0.05, 0.1) is 18.8 Å². The number of hydrogen-bond acceptors (Lipinski definition) is 6. The van der Waals surface area contributed by atoms with Gasteiger partial charge in [0.15, 0.2) is 5.78 Å². The highest BCUT2D eigenvalue weighted by molar-refractivity contribution is 6.12. The molecule has 6 heteroatoms. The molecule has 2 aromatic rings. The molecule has 0 bridgehead atoms. The zero-order valence-corrected chi connectivity index (χ0v) is 20.8. The van der Waals surface area contributed by atoms with Crippen molar-refractivity contribution in [3.8, 4) is 11.1 Å². The minimum atomic E-state index is -0.910. The molecule has 3 atom stereocenters. The third kappa shape index (κ3) is 4.65. The van der Waals surface area contributed by atoms with E-state index in [4.69, 9.17) is 9.47 Å². The van der Waals surface area contributed by atoms with Crippen molar-refractivity contribution < 1.29 is 23.9 Å². The average Bonchev–Trinajstić information content (AvgIpc) is 2.83. The first-order valence-electron chi connectivity index (χ1n) is 11.9. The first-order chi connectivity index (χ1) is 16.7. The van der Waals surface area contributed by atoms with Crippen LogP contribution >= 0.6 is 0 Å². The summed E-state index contributed by atoms with van der Waals surface area (Å²) in [5.74, 6) is -3.11. The number of carbonyl (C=O) groups is 3. The first-order valence-corrected chi connectivity index (χ1v) is 11.9. The van der Waals surface area contributed by atoms with Crippen molar-refractivity contribution in [1.29, 1.82) is 0 Å². The number of esters is 2. The third-order valence-electron chi connectivity index (χ3n) is 6.66. The van der Waals surface area contributed by atoms with Gasteiger partial charge in [-0.2, -0.15) is 0 Å². The SMILES string of the molecule is COC(=O)C1C(=O)C2=C(CC1C)NC(C)=C(C(=O)OC(C)C)C2c1ccc(-c2ccccc2)cc1. The van der Waals surface area contributed by atoms with E-state index in [-0.39, 0.29) is 17.8 Å². The number of ketones is 1. The van der Waals surface area contributed by atoms with E-state index in [9.17, 15) is 14.4 Å². The Morgan fingerprint density at radius 2 is 1.63 bits per heavy atom. The molecule has 2 aromatic carbocycles. The monoisotopic (exact) mass is 473 g/mol. The highest BCUT2D eigenvalue weighted by atomic mass is 16.5. The second kappa shape index (κ2) is 9.90. The second-order valence-electron chi connectivity index (χ2n) is 9.48. The Morgan fingerprint density at radius 3 is 2.23 bits per heavy atom. The molecule has 4 rings (SSSR count). The molecule has 0 fully saturated rings. The highest BCUT2D eigenvalue weighted by Gasteiger charge is 2.47. The maximum absolute atomic E-state index is 13.8. The van der Waals surface area contributed by atoms with Crippen LogP contribution < -0.4 is 5.32 Å². The summed E-state index contributed by atoms with van der Waals surface area (Å²) >= 11 is 0. The number of rotatable bonds is 5. The lowest BCUT2D eigenvalue weighted by Gasteiger charge is -2.38. The van der Waals surface area contributed by atoms with Crippen molar-refractivity contribution in [3.63, 3.8) is 0 Å². The Balaban J connectivity index is 1.84. The summed E-state index contributed by atoms with van der Waals surface area (Å²) in [5, 5.41) is 3.28. The van der Waals surface area contributed by atoms with E-state index in [1.807, 2.05) is 68.4 Å². The molecule has 0 radical (unpaired) electrons. The van der Waals surface area contributed by atoms with Crippen molar-refractivity contribution in [1.82, 2.24) is 5.32 Å². The van der Waals surface area contributed by atoms with Crippen LogP contribution in [0.4, 0.5) is 0 Å². The van der Waals surface area contributed by atoms with E-state index in [0.717, 1.165) is 22.4 Å². The van der Waals surface area contributed by atoms with Crippen LogP contribution in [0.3, 0.4) is 0 Å². The van der Waals surface area contributed by atoms with Crippen LogP contribution in [-0.2, 0) is 23.9 Å². The molecule has 3 unspecified atom stereocenters. The molecule has 0 amide bonds. The van der Waals surface area contributed by atoms with Gasteiger partial charge in [-0.3, -0.25) is 9.59 Å². The van der Waals surface area contributed by atoms with E-state index >= 15 is 0 Å². The molecule has 0 saturated heterocycles. The predicted octanol–water partition coefficient (Wildman–Crippen LogP) is 4.92. The summed E-state index contributed by atoms with van der Waals surface area (Å²) in [6.07, 6.45) is 0.188. The number of dihydropyridines is 1. The molecule has 0 spiro atoms. The van der Waals surface area contributed by atoms with Gasteiger partial charge in [0.2, 0.25) is 0 Å².